The van der Waals surface area contributed by atoms with Crippen molar-refractivity contribution in [3.63, 3.8) is 0 Å². The largest absolute Gasteiger partial charge is 0.392 e. The van der Waals surface area contributed by atoms with Crippen molar-refractivity contribution >= 4 is 0 Å². The van der Waals surface area contributed by atoms with Gasteiger partial charge < -0.3 is 5.11 Å². The molecule has 0 heterocycles. The van der Waals surface area contributed by atoms with E-state index in [0.717, 1.165) is 12.0 Å². The Morgan fingerprint density at radius 2 is 2.00 bits per heavy atom. The van der Waals surface area contributed by atoms with Crippen LogP contribution in [0.2, 0.25) is 0 Å². The van der Waals surface area contributed by atoms with E-state index in [1.807, 2.05) is 19.1 Å². The minimum Gasteiger partial charge on any atom is -0.392 e. The molecule has 1 heteroatoms. The van der Waals surface area contributed by atoms with Gasteiger partial charge in [0.05, 0.1) is 6.61 Å². The fraction of sp³-hybridized carbons (Fsp3) is 0.565. The Hall–Kier alpha value is -1.34. The summed E-state index contributed by atoms with van der Waals surface area (Å²) in [7, 11) is 0. The Balaban J connectivity index is 2.95. The fourth-order valence-electron chi connectivity index (χ4n) is 3.70. The van der Waals surface area contributed by atoms with Crippen molar-refractivity contribution in [3.8, 4) is 0 Å². The van der Waals surface area contributed by atoms with Gasteiger partial charge in [-0.1, -0.05) is 74.8 Å². The standard InChI is InChI=1S/C23H36O/c1-6-16-23(5)17-9-11-20(4)22(23)14-13-21(7-2)12-8-10-19(3)15-18-24/h8,10,12-15,24H,6-7,9,11,16-18H2,1-5H3/b10-8+,14-13+,19-15+,21-12+. The lowest BCUT2D eigenvalue weighted by atomic mass is 9.68. The highest BCUT2D eigenvalue weighted by Gasteiger charge is 2.30. The summed E-state index contributed by atoms with van der Waals surface area (Å²) in [5, 5.41) is 8.90. The van der Waals surface area contributed by atoms with Crippen LogP contribution in [0.1, 0.15) is 73.1 Å². The normalized spacial score (nSPS) is 23.8. The first kappa shape index (κ1) is 20.7. The summed E-state index contributed by atoms with van der Waals surface area (Å²) >= 11 is 0. The molecule has 1 unspecified atom stereocenters. The predicted molar refractivity (Wildman–Crippen MR) is 107 cm³/mol. The van der Waals surface area contributed by atoms with Crippen molar-refractivity contribution in [2.45, 2.75) is 73.1 Å². The molecule has 0 radical (unpaired) electrons. The molecule has 1 N–H and O–H groups in total. The van der Waals surface area contributed by atoms with Crippen LogP contribution in [-0.2, 0) is 0 Å². The molecule has 0 aromatic rings. The maximum Gasteiger partial charge on any atom is 0.0617 e. The topological polar surface area (TPSA) is 20.2 Å². The van der Waals surface area contributed by atoms with Gasteiger partial charge in [0, 0.05) is 0 Å². The van der Waals surface area contributed by atoms with Crippen molar-refractivity contribution in [1.82, 2.24) is 0 Å². The number of hydrogen-bond donors (Lipinski definition) is 1. The average Bonchev–Trinajstić information content (AvgIpc) is 2.53. The highest BCUT2D eigenvalue weighted by atomic mass is 16.2. The Bertz CT molecular complexity index is 542. The van der Waals surface area contributed by atoms with Crippen molar-refractivity contribution in [2.24, 2.45) is 5.41 Å². The van der Waals surface area contributed by atoms with Gasteiger partial charge in [0.25, 0.3) is 0 Å². The lowest BCUT2D eigenvalue weighted by Crippen LogP contribution is -2.23. The first-order valence-corrected chi connectivity index (χ1v) is 9.50. The number of aliphatic hydroxyl groups is 1. The summed E-state index contributed by atoms with van der Waals surface area (Å²) < 4.78 is 0. The van der Waals surface area contributed by atoms with Crippen LogP contribution in [0.3, 0.4) is 0 Å². The number of rotatable bonds is 8. The smallest absolute Gasteiger partial charge is 0.0617 e. The molecule has 1 nitrogen and oxygen atoms in total. The van der Waals surface area contributed by atoms with Crippen LogP contribution in [-0.4, -0.2) is 11.7 Å². The first-order valence-electron chi connectivity index (χ1n) is 9.50. The zero-order valence-corrected chi connectivity index (χ0v) is 16.4. The molecule has 0 amide bonds. The number of allylic oxidation sites excluding steroid dienone is 9. The van der Waals surface area contributed by atoms with Crippen molar-refractivity contribution in [2.75, 3.05) is 6.61 Å². The molecule has 0 aromatic heterocycles. The number of aliphatic hydroxyl groups excluding tert-OH is 1. The second-order valence-corrected chi connectivity index (χ2v) is 7.28. The molecule has 1 atom stereocenters. The monoisotopic (exact) mass is 328 g/mol. The highest BCUT2D eigenvalue weighted by Crippen LogP contribution is 2.44. The lowest BCUT2D eigenvalue weighted by molar-refractivity contribution is 0.310. The summed E-state index contributed by atoms with van der Waals surface area (Å²) in [6.07, 6.45) is 20.2. The summed E-state index contributed by atoms with van der Waals surface area (Å²) in [6, 6.07) is 0. The van der Waals surface area contributed by atoms with E-state index in [1.165, 1.54) is 37.7 Å². The van der Waals surface area contributed by atoms with Crippen molar-refractivity contribution in [1.29, 1.82) is 0 Å². The first-order chi connectivity index (χ1) is 11.5. The highest BCUT2D eigenvalue weighted by molar-refractivity contribution is 5.38. The van der Waals surface area contributed by atoms with E-state index in [1.54, 1.807) is 11.1 Å². The second-order valence-electron chi connectivity index (χ2n) is 7.28. The molecule has 0 bridgehead atoms. The molecular weight excluding hydrogens is 292 g/mol. The van der Waals surface area contributed by atoms with Crippen LogP contribution in [0.15, 0.2) is 58.7 Å². The van der Waals surface area contributed by atoms with Gasteiger partial charge in [-0.25, -0.2) is 0 Å². The molecule has 0 saturated carbocycles. The molecule has 0 saturated heterocycles. The minimum absolute atomic E-state index is 0.101. The van der Waals surface area contributed by atoms with Crippen LogP contribution < -0.4 is 0 Å². The average molecular weight is 329 g/mol. The summed E-state index contributed by atoms with van der Waals surface area (Å²) in [4.78, 5) is 0. The third-order valence-corrected chi connectivity index (χ3v) is 5.15. The van der Waals surface area contributed by atoms with Gasteiger partial charge >= 0.3 is 0 Å². The Kier molecular flexibility index (Phi) is 9.07. The van der Waals surface area contributed by atoms with Crippen molar-refractivity contribution < 1.29 is 5.11 Å². The maximum absolute atomic E-state index is 8.90. The van der Waals surface area contributed by atoms with E-state index in [0.29, 0.717) is 5.41 Å². The zero-order chi connectivity index (χ0) is 18.0. The van der Waals surface area contributed by atoms with Gasteiger partial charge in [-0.3, -0.25) is 0 Å². The van der Waals surface area contributed by atoms with Gasteiger partial charge in [-0.05, 0) is 62.5 Å². The predicted octanol–water partition coefficient (Wildman–Crippen LogP) is 6.68. The van der Waals surface area contributed by atoms with E-state index >= 15 is 0 Å². The molecule has 1 aliphatic carbocycles. The van der Waals surface area contributed by atoms with E-state index in [9.17, 15) is 0 Å². The quantitative estimate of drug-likeness (QED) is 0.493. The van der Waals surface area contributed by atoms with Crippen LogP contribution in [0.25, 0.3) is 0 Å². The van der Waals surface area contributed by atoms with E-state index in [4.69, 9.17) is 5.11 Å². The fourth-order valence-corrected chi connectivity index (χ4v) is 3.70. The third kappa shape index (κ3) is 6.28. The molecular formula is C23H36O. The third-order valence-electron chi connectivity index (χ3n) is 5.15. The Morgan fingerprint density at radius 3 is 2.62 bits per heavy atom. The second kappa shape index (κ2) is 10.5. The molecule has 1 aliphatic rings. The van der Waals surface area contributed by atoms with Gasteiger partial charge in [0.2, 0.25) is 0 Å². The minimum atomic E-state index is 0.101. The molecule has 24 heavy (non-hydrogen) atoms. The Morgan fingerprint density at radius 1 is 1.25 bits per heavy atom. The van der Waals surface area contributed by atoms with E-state index in [-0.39, 0.29) is 6.61 Å². The van der Waals surface area contributed by atoms with Crippen LogP contribution in [0.4, 0.5) is 0 Å². The van der Waals surface area contributed by atoms with Crippen molar-refractivity contribution in [3.05, 3.63) is 58.7 Å². The summed E-state index contributed by atoms with van der Waals surface area (Å²) in [6.45, 7) is 11.4. The van der Waals surface area contributed by atoms with Crippen LogP contribution in [0, 0.1) is 5.41 Å². The zero-order valence-electron chi connectivity index (χ0n) is 16.4. The molecule has 0 aromatic carbocycles. The van der Waals surface area contributed by atoms with E-state index < -0.39 is 0 Å². The number of hydrogen-bond acceptors (Lipinski definition) is 1. The lowest BCUT2D eigenvalue weighted by Gasteiger charge is -2.36. The molecule has 0 aliphatic heterocycles. The summed E-state index contributed by atoms with van der Waals surface area (Å²) in [5.41, 5.74) is 5.92. The van der Waals surface area contributed by atoms with Crippen LogP contribution >= 0.6 is 0 Å². The molecule has 0 spiro atoms. The Labute approximate surface area is 149 Å². The van der Waals surface area contributed by atoms with Gasteiger partial charge in [-0.2, -0.15) is 0 Å². The van der Waals surface area contributed by atoms with Crippen LogP contribution in [0.5, 0.6) is 0 Å². The summed E-state index contributed by atoms with van der Waals surface area (Å²) in [5.74, 6) is 0. The SMILES string of the molecule is CCCC1(C)CCCC(C)=C1/C=C/C(=C/C=C/C(C)=C/CO)CC. The van der Waals surface area contributed by atoms with Gasteiger partial charge in [0.15, 0.2) is 0 Å². The molecule has 1 rings (SSSR count). The van der Waals surface area contributed by atoms with Gasteiger partial charge in [0.1, 0.15) is 0 Å². The van der Waals surface area contributed by atoms with E-state index in [2.05, 4.69) is 52.0 Å². The molecule has 134 valence electrons. The molecule has 0 fully saturated rings. The van der Waals surface area contributed by atoms with Gasteiger partial charge in [-0.15, -0.1) is 0 Å². The maximum atomic E-state index is 8.90.